The first-order valence-corrected chi connectivity index (χ1v) is 9.99. The van der Waals surface area contributed by atoms with Gasteiger partial charge in [-0.1, -0.05) is 6.58 Å². The van der Waals surface area contributed by atoms with Crippen molar-refractivity contribution in [3.8, 4) is 5.75 Å². The van der Waals surface area contributed by atoms with E-state index >= 15 is 0 Å². The van der Waals surface area contributed by atoms with E-state index in [0.717, 1.165) is 51.7 Å². The first-order valence-electron chi connectivity index (χ1n) is 9.99. The van der Waals surface area contributed by atoms with Crippen LogP contribution in [0.4, 0.5) is 5.82 Å². The molecule has 2 unspecified atom stereocenters. The van der Waals surface area contributed by atoms with Crippen molar-refractivity contribution in [2.24, 2.45) is 0 Å². The van der Waals surface area contributed by atoms with Crippen LogP contribution in [0, 0.1) is 0 Å². The molecule has 1 aliphatic rings. The van der Waals surface area contributed by atoms with E-state index in [4.69, 9.17) is 15.2 Å². The van der Waals surface area contributed by atoms with Gasteiger partial charge in [0.25, 0.3) is 0 Å². The van der Waals surface area contributed by atoms with Gasteiger partial charge in [-0.3, -0.25) is 4.98 Å². The van der Waals surface area contributed by atoms with E-state index in [0.29, 0.717) is 12.4 Å². The lowest BCUT2D eigenvalue weighted by Crippen LogP contribution is -2.18. The second kappa shape index (κ2) is 7.42. The van der Waals surface area contributed by atoms with Crippen molar-refractivity contribution >= 4 is 33.3 Å². The number of nitrogens with zero attached hydrogens (tertiary/aromatic N) is 4. The molecule has 7 nitrogen and oxygen atoms in total. The topological polar surface area (TPSA) is 88.1 Å². The second-order valence-corrected chi connectivity index (χ2v) is 7.68. The van der Waals surface area contributed by atoms with Crippen molar-refractivity contribution in [3.05, 3.63) is 61.2 Å². The van der Waals surface area contributed by atoms with E-state index in [2.05, 4.69) is 27.6 Å². The number of ether oxygens (including phenoxy) is 2. The predicted molar refractivity (Wildman–Crippen MR) is 117 cm³/mol. The number of aromatic nitrogens is 4. The third-order valence-electron chi connectivity index (χ3n) is 5.52. The molecule has 0 amide bonds. The number of fused-ring (bicyclic) bond motifs is 2. The van der Waals surface area contributed by atoms with Gasteiger partial charge in [0.1, 0.15) is 36.4 Å². The Morgan fingerprint density at radius 1 is 1.23 bits per heavy atom. The molecule has 1 aromatic carbocycles. The Morgan fingerprint density at radius 3 is 3.00 bits per heavy atom. The number of anilines is 1. The van der Waals surface area contributed by atoms with Crippen LogP contribution in [-0.4, -0.2) is 32.2 Å². The largest absolute Gasteiger partial charge is 0.491 e. The first kappa shape index (κ1) is 18.6. The Kier molecular flexibility index (Phi) is 4.59. The average Bonchev–Trinajstić information content (AvgIpc) is 3.39. The molecule has 1 aliphatic heterocycles. The summed E-state index contributed by atoms with van der Waals surface area (Å²) in [5.41, 5.74) is 9.68. The molecular weight excluding hydrogens is 378 g/mol. The third kappa shape index (κ3) is 3.37. The van der Waals surface area contributed by atoms with Crippen LogP contribution in [0.3, 0.4) is 0 Å². The summed E-state index contributed by atoms with van der Waals surface area (Å²) in [7, 11) is 0. The highest BCUT2D eigenvalue weighted by molar-refractivity contribution is 5.86. The van der Waals surface area contributed by atoms with Crippen LogP contribution in [0.25, 0.3) is 27.5 Å². The maximum absolute atomic E-state index is 6.22. The number of hydrogen-bond donors (Lipinski definition) is 1. The minimum absolute atomic E-state index is 0.0149. The standard InChI is InChI=1S/C23H23N5O2/c1-14(2)16-9-15-3-4-17(10-20(15)25-11-16)29-12-18-5-6-21(30-18)28-8-7-19-22(24)26-13-27-23(19)28/h3-4,7-11,13,18,21H,1,5-6,12H2,2H3,(H2,24,26,27). The summed E-state index contributed by atoms with van der Waals surface area (Å²) < 4.78 is 14.2. The lowest BCUT2D eigenvalue weighted by atomic mass is 10.1. The highest BCUT2D eigenvalue weighted by Gasteiger charge is 2.28. The molecule has 152 valence electrons. The lowest BCUT2D eigenvalue weighted by molar-refractivity contribution is -0.0156. The Bertz CT molecular complexity index is 1250. The number of allylic oxidation sites excluding steroid dienone is 1. The smallest absolute Gasteiger partial charge is 0.147 e. The third-order valence-corrected chi connectivity index (χ3v) is 5.52. The second-order valence-electron chi connectivity index (χ2n) is 7.68. The van der Waals surface area contributed by atoms with E-state index in [9.17, 15) is 0 Å². The maximum atomic E-state index is 6.22. The van der Waals surface area contributed by atoms with Crippen molar-refractivity contribution in [1.82, 2.24) is 19.5 Å². The fourth-order valence-corrected chi connectivity index (χ4v) is 3.85. The summed E-state index contributed by atoms with van der Waals surface area (Å²) in [4.78, 5) is 12.9. The van der Waals surface area contributed by atoms with Crippen LogP contribution in [0.2, 0.25) is 0 Å². The molecule has 7 heteroatoms. The molecule has 5 rings (SSSR count). The van der Waals surface area contributed by atoms with Crippen molar-refractivity contribution in [3.63, 3.8) is 0 Å². The quantitative estimate of drug-likeness (QED) is 0.535. The fourth-order valence-electron chi connectivity index (χ4n) is 3.85. The molecule has 4 heterocycles. The first-order chi connectivity index (χ1) is 14.6. The zero-order chi connectivity index (χ0) is 20.7. The van der Waals surface area contributed by atoms with Crippen LogP contribution in [0.5, 0.6) is 5.75 Å². The highest BCUT2D eigenvalue weighted by atomic mass is 16.6. The normalized spacial score (nSPS) is 18.8. The molecule has 0 bridgehead atoms. The molecule has 2 N–H and O–H groups in total. The van der Waals surface area contributed by atoms with Crippen LogP contribution < -0.4 is 10.5 Å². The molecular formula is C23H23N5O2. The van der Waals surface area contributed by atoms with E-state index in [1.165, 1.54) is 6.33 Å². The molecule has 4 aromatic rings. The number of nitrogens with two attached hydrogens (primary N) is 1. The summed E-state index contributed by atoms with van der Waals surface area (Å²) in [6.07, 6.45) is 7.03. The summed E-state index contributed by atoms with van der Waals surface area (Å²) in [5.74, 6) is 1.27. The van der Waals surface area contributed by atoms with Crippen LogP contribution in [0.1, 0.15) is 31.6 Å². The predicted octanol–water partition coefficient (Wildman–Crippen LogP) is 4.35. The molecule has 30 heavy (non-hydrogen) atoms. The van der Waals surface area contributed by atoms with Crippen molar-refractivity contribution in [1.29, 1.82) is 0 Å². The summed E-state index contributed by atoms with van der Waals surface area (Å²) in [6.45, 7) is 6.44. The molecule has 1 fully saturated rings. The van der Waals surface area contributed by atoms with Gasteiger partial charge in [-0.05, 0) is 55.2 Å². The molecule has 0 radical (unpaired) electrons. The number of benzene rings is 1. The zero-order valence-corrected chi connectivity index (χ0v) is 16.8. The molecule has 3 aromatic heterocycles. The van der Waals surface area contributed by atoms with Gasteiger partial charge in [0.05, 0.1) is 17.0 Å². The summed E-state index contributed by atoms with van der Waals surface area (Å²) in [6, 6.07) is 9.98. The highest BCUT2D eigenvalue weighted by Crippen LogP contribution is 2.32. The minimum Gasteiger partial charge on any atom is -0.491 e. The Hall–Kier alpha value is -3.45. The zero-order valence-electron chi connectivity index (χ0n) is 16.8. The van der Waals surface area contributed by atoms with Gasteiger partial charge >= 0.3 is 0 Å². The maximum Gasteiger partial charge on any atom is 0.147 e. The van der Waals surface area contributed by atoms with Crippen LogP contribution in [-0.2, 0) is 4.74 Å². The van der Waals surface area contributed by atoms with E-state index in [1.807, 2.05) is 48.1 Å². The Morgan fingerprint density at radius 2 is 2.13 bits per heavy atom. The Balaban J connectivity index is 1.25. The SMILES string of the molecule is C=C(C)c1cnc2cc(OCC3CCC(n4ccc5c(N)ncnc54)O3)ccc2c1. The fraction of sp³-hybridized carbons (Fsp3) is 0.261. The van der Waals surface area contributed by atoms with Gasteiger partial charge in [0.15, 0.2) is 0 Å². The number of hydrogen-bond acceptors (Lipinski definition) is 6. The van der Waals surface area contributed by atoms with E-state index in [1.54, 1.807) is 0 Å². The van der Waals surface area contributed by atoms with Crippen LogP contribution >= 0.6 is 0 Å². The van der Waals surface area contributed by atoms with Crippen LogP contribution in [0.15, 0.2) is 55.6 Å². The van der Waals surface area contributed by atoms with Crippen molar-refractivity contribution in [2.75, 3.05) is 12.3 Å². The molecule has 2 atom stereocenters. The van der Waals surface area contributed by atoms with Gasteiger partial charge in [-0.2, -0.15) is 0 Å². The monoisotopic (exact) mass is 401 g/mol. The average molecular weight is 401 g/mol. The van der Waals surface area contributed by atoms with Gasteiger partial charge in [-0.15, -0.1) is 0 Å². The van der Waals surface area contributed by atoms with Gasteiger partial charge in [0.2, 0.25) is 0 Å². The minimum atomic E-state index is -0.0794. The molecule has 0 saturated carbocycles. The number of pyridine rings is 1. The van der Waals surface area contributed by atoms with E-state index < -0.39 is 0 Å². The van der Waals surface area contributed by atoms with Gasteiger partial charge < -0.3 is 19.8 Å². The number of nitrogen functional groups attached to an aromatic ring is 1. The van der Waals surface area contributed by atoms with Crippen molar-refractivity contribution in [2.45, 2.75) is 32.1 Å². The van der Waals surface area contributed by atoms with Gasteiger partial charge in [-0.25, -0.2) is 9.97 Å². The summed E-state index contributed by atoms with van der Waals surface area (Å²) in [5, 5.41) is 1.92. The Labute approximate surface area is 174 Å². The molecule has 1 saturated heterocycles. The lowest BCUT2D eigenvalue weighted by Gasteiger charge is -2.16. The van der Waals surface area contributed by atoms with E-state index in [-0.39, 0.29) is 12.3 Å². The van der Waals surface area contributed by atoms with Crippen molar-refractivity contribution < 1.29 is 9.47 Å². The number of rotatable bonds is 5. The summed E-state index contributed by atoms with van der Waals surface area (Å²) >= 11 is 0. The molecule has 0 aliphatic carbocycles. The molecule has 0 spiro atoms. The van der Waals surface area contributed by atoms with Gasteiger partial charge in [0, 0.05) is 23.8 Å².